The lowest BCUT2D eigenvalue weighted by molar-refractivity contribution is -0.161. The fourth-order valence-electron chi connectivity index (χ4n) is 5.66. The maximum Gasteiger partial charge on any atom is 0.227 e. The number of likely N-dealkylation sites (tertiary alicyclic amines) is 2. The van der Waals surface area contributed by atoms with E-state index in [0.717, 1.165) is 38.3 Å². The van der Waals surface area contributed by atoms with Crippen molar-refractivity contribution in [2.24, 2.45) is 0 Å². The zero-order valence-electron chi connectivity index (χ0n) is 18.8. The van der Waals surface area contributed by atoms with Crippen molar-refractivity contribution in [1.29, 1.82) is 0 Å². The second kappa shape index (κ2) is 10.3. The lowest BCUT2D eigenvalue weighted by Gasteiger charge is -2.53. The van der Waals surface area contributed by atoms with E-state index in [-0.39, 0.29) is 24.1 Å². The number of hydrogen-bond acceptors (Lipinski definition) is 4. The number of hydrogen-bond donors (Lipinski definition) is 0. The fourth-order valence-corrected chi connectivity index (χ4v) is 5.98. The summed E-state index contributed by atoms with van der Waals surface area (Å²) in [6.45, 7) is 6.14. The van der Waals surface area contributed by atoms with Crippen LogP contribution in [0.15, 0.2) is 48.5 Å². The van der Waals surface area contributed by atoms with Crippen molar-refractivity contribution in [3.05, 3.63) is 69.7 Å². The van der Waals surface area contributed by atoms with Crippen LogP contribution < -0.4 is 0 Å². The van der Waals surface area contributed by atoms with Crippen molar-refractivity contribution < 1.29 is 9.53 Å². The molecular weight excluding hydrogens is 457 g/mol. The lowest BCUT2D eigenvalue weighted by Crippen LogP contribution is -2.70. The first-order chi connectivity index (χ1) is 16.1. The van der Waals surface area contributed by atoms with Crippen LogP contribution in [0.25, 0.3) is 0 Å². The number of amides is 1. The van der Waals surface area contributed by atoms with Crippen molar-refractivity contribution in [3.63, 3.8) is 0 Å². The maximum absolute atomic E-state index is 13.5. The van der Waals surface area contributed by atoms with Gasteiger partial charge in [0.15, 0.2) is 0 Å². The monoisotopic (exact) mass is 487 g/mol. The molecule has 0 N–H and O–H groups in total. The van der Waals surface area contributed by atoms with E-state index in [4.69, 9.17) is 27.9 Å². The Bertz CT molecular complexity index is 967. The number of morpholine rings is 1. The number of fused-ring (bicyclic) bond motifs is 1. The molecule has 5 rings (SSSR count). The van der Waals surface area contributed by atoms with Gasteiger partial charge in [0.2, 0.25) is 5.91 Å². The van der Waals surface area contributed by atoms with Crippen molar-refractivity contribution in [2.45, 2.75) is 44.0 Å². The number of carbonyl (C=O) groups is 1. The fraction of sp³-hybridized carbons (Fsp3) is 0.500. The second-order valence-electron chi connectivity index (χ2n) is 9.40. The van der Waals surface area contributed by atoms with Crippen LogP contribution in [0.1, 0.15) is 24.0 Å². The average molecular weight is 488 g/mol. The molecule has 3 aliphatic heterocycles. The van der Waals surface area contributed by atoms with Crippen LogP contribution in [0.4, 0.5) is 0 Å². The lowest BCUT2D eigenvalue weighted by atomic mass is 9.91. The Kier molecular flexibility index (Phi) is 7.24. The summed E-state index contributed by atoms with van der Waals surface area (Å²) in [5.41, 5.74) is 2.22. The minimum atomic E-state index is 0.0274. The van der Waals surface area contributed by atoms with Crippen LogP contribution in [-0.4, -0.2) is 78.1 Å². The quantitative estimate of drug-likeness (QED) is 0.635. The Morgan fingerprint density at radius 1 is 0.939 bits per heavy atom. The molecule has 0 spiro atoms. The molecule has 0 radical (unpaired) electrons. The molecular formula is C26H31Cl2N3O2. The molecule has 1 amide bonds. The van der Waals surface area contributed by atoms with Crippen LogP contribution in [0.3, 0.4) is 0 Å². The van der Waals surface area contributed by atoms with Crippen LogP contribution in [-0.2, 0) is 22.5 Å². The molecule has 0 aliphatic carbocycles. The summed E-state index contributed by atoms with van der Waals surface area (Å²) in [6.07, 6.45) is 2.81. The third-order valence-corrected chi connectivity index (χ3v) is 7.94. The molecule has 2 aromatic rings. The van der Waals surface area contributed by atoms with E-state index >= 15 is 0 Å². The molecule has 0 bridgehead atoms. The Hall–Kier alpha value is -1.63. The second-order valence-corrected chi connectivity index (χ2v) is 10.2. The molecule has 3 atom stereocenters. The highest BCUT2D eigenvalue weighted by atomic mass is 35.5. The summed E-state index contributed by atoms with van der Waals surface area (Å²) < 4.78 is 6.30. The van der Waals surface area contributed by atoms with Gasteiger partial charge in [-0.3, -0.25) is 14.6 Å². The molecule has 3 unspecified atom stereocenters. The summed E-state index contributed by atoms with van der Waals surface area (Å²) in [5.74, 6) is 0.146. The molecule has 0 saturated carbocycles. The summed E-state index contributed by atoms with van der Waals surface area (Å²) in [4.78, 5) is 20.7. The molecule has 3 fully saturated rings. The van der Waals surface area contributed by atoms with E-state index in [1.54, 1.807) is 12.1 Å². The zero-order valence-corrected chi connectivity index (χ0v) is 20.3. The summed E-state index contributed by atoms with van der Waals surface area (Å²) in [6, 6.07) is 16.5. The number of piperidine rings is 1. The Morgan fingerprint density at radius 2 is 1.73 bits per heavy atom. The Balaban J connectivity index is 1.36. The Labute approximate surface area is 206 Å². The van der Waals surface area contributed by atoms with E-state index in [2.05, 4.69) is 45.0 Å². The molecule has 176 valence electrons. The van der Waals surface area contributed by atoms with Crippen molar-refractivity contribution in [1.82, 2.24) is 14.7 Å². The predicted octanol–water partition coefficient (Wildman–Crippen LogP) is 4.11. The highest BCUT2D eigenvalue weighted by Gasteiger charge is 2.47. The minimum absolute atomic E-state index is 0.0274. The standard InChI is InChI=1S/C26H31Cl2N3O2/c27-21-9-8-20(14-22(21)28)15-25(32)31-12-13-33-24-18-29(16-19-6-2-1-3-7-19)17-23(26(24)31)30-10-4-5-11-30/h1-3,6-9,14,23-24,26H,4-5,10-13,15-18H2. The normalized spacial score (nSPS) is 26.4. The first-order valence-corrected chi connectivity index (χ1v) is 12.7. The van der Waals surface area contributed by atoms with Gasteiger partial charge in [0, 0.05) is 32.2 Å². The van der Waals surface area contributed by atoms with Crippen molar-refractivity contribution in [3.8, 4) is 0 Å². The molecule has 2 aromatic carbocycles. The molecule has 33 heavy (non-hydrogen) atoms. The number of benzene rings is 2. The van der Waals surface area contributed by atoms with Crippen LogP contribution in [0.2, 0.25) is 10.0 Å². The van der Waals surface area contributed by atoms with Gasteiger partial charge in [0.25, 0.3) is 0 Å². The first-order valence-electron chi connectivity index (χ1n) is 11.9. The summed E-state index contributed by atoms with van der Waals surface area (Å²) in [5, 5.41) is 1.00. The third kappa shape index (κ3) is 5.23. The molecule has 7 heteroatoms. The summed E-state index contributed by atoms with van der Waals surface area (Å²) in [7, 11) is 0. The minimum Gasteiger partial charge on any atom is -0.373 e. The highest BCUT2D eigenvalue weighted by Crippen LogP contribution is 2.31. The molecule has 5 nitrogen and oxygen atoms in total. The highest BCUT2D eigenvalue weighted by molar-refractivity contribution is 6.42. The SMILES string of the molecule is O=C(Cc1ccc(Cl)c(Cl)c1)N1CCOC2CN(Cc3ccccc3)CC(N3CCCC3)C21. The van der Waals surface area contributed by atoms with Gasteiger partial charge in [-0.05, 0) is 49.2 Å². The van der Waals surface area contributed by atoms with Gasteiger partial charge in [-0.15, -0.1) is 0 Å². The topological polar surface area (TPSA) is 36.0 Å². The van der Waals surface area contributed by atoms with Gasteiger partial charge in [-0.1, -0.05) is 59.6 Å². The van der Waals surface area contributed by atoms with E-state index in [1.165, 1.54) is 18.4 Å². The molecule has 3 aliphatic rings. The van der Waals surface area contributed by atoms with Gasteiger partial charge >= 0.3 is 0 Å². The van der Waals surface area contributed by atoms with Gasteiger partial charge in [-0.2, -0.15) is 0 Å². The third-order valence-electron chi connectivity index (χ3n) is 7.20. The maximum atomic E-state index is 13.5. The predicted molar refractivity (Wildman–Crippen MR) is 132 cm³/mol. The van der Waals surface area contributed by atoms with E-state index in [9.17, 15) is 4.79 Å². The number of halogens is 2. The number of nitrogens with zero attached hydrogens (tertiary/aromatic N) is 3. The van der Waals surface area contributed by atoms with Gasteiger partial charge in [-0.25, -0.2) is 0 Å². The van der Waals surface area contributed by atoms with Crippen LogP contribution in [0.5, 0.6) is 0 Å². The number of carbonyl (C=O) groups excluding carboxylic acids is 1. The number of rotatable bonds is 5. The van der Waals surface area contributed by atoms with Crippen LogP contribution in [0, 0.1) is 0 Å². The smallest absolute Gasteiger partial charge is 0.227 e. The zero-order chi connectivity index (χ0) is 22.8. The largest absolute Gasteiger partial charge is 0.373 e. The van der Waals surface area contributed by atoms with Crippen LogP contribution >= 0.6 is 23.2 Å². The van der Waals surface area contributed by atoms with E-state index in [1.807, 2.05) is 6.07 Å². The summed E-state index contributed by atoms with van der Waals surface area (Å²) >= 11 is 12.3. The van der Waals surface area contributed by atoms with Gasteiger partial charge in [0.1, 0.15) is 0 Å². The van der Waals surface area contributed by atoms with Gasteiger partial charge in [0.05, 0.1) is 35.2 Å². The van der Waals surface area contributed by atoms with Crippen molar-refractivity contribution in [2.75, 3.05) is 39.3 Å². The first kappa shape index (κ1) is 23.1. The van der Waals surface area contributed by atoms with E-state index in [0.29, 0.717) is 29.6 Å². The molecule has 3 saturated heterocycles. The average Bonchev–Trinajstić information content (AvgIpc) is 3.36. The number of ether oxygens (including phenoxy) is 1. The van der Waals surface area contributed by atoms with Crippen molar-refractivity contribution >= 4 is 29.1 Å². The Morgan fingerprint density at radius 3 is 2.48 bits per heavy atom. The molecule has 0 aromatic heterocycles. The van der Waals surface area contributed by atoms with E-state index < -0.39 is 0 Å². The van der Waals surface area contributed by atoms with Gasteiger partial charge < -0.3 is 9.64 Å². The molecule has 3 heterocycles.